The first-order valence-corrected chi connectivity index (χ1v) is 7.39. The molecule has 0 spiro atoms. The second kappa shape index (κ2) is 8.00. The van der Waals surface area contributed by atoms with Crippen LogP contribution in [0.1, 0.15) is 0 Å². The van der Waals surface area contributed by atoms with Gasteiger partial charge < -0.3 is 24.0 Å². The standard InChI is InChI=1S/C16H24N2O4/c1-17(2)10-13-11-21-9-8-18(13)16(19)12-22-15-6-4-14(20-3)5-7-15/h4-7,13H,8-12H2,1-3H3/t13-/m0/s1. The van der Waals surface area contributed by atoms with Crippen LogP contribution in [0.4, 0.5) is 0 Å². The lowest BCUT2D eigenvalue weighted by atomic mass is 10.2. The third kappa shape index (κ3) is 4.61. The van der Waals surface area contributed by atoms with Crippen LogP contribution in [0, 0.1) is 0 Å². The Hall–Kier alpha value is -1.79. The summed E-state index contributed by atoms with van der Waals surface area (Å²) >= 11 is 0. The fourth-order valence-electron chi connectivity index (χ4n) is 2.46. The largest absolute Gasteiger partial charge is 0.497 e. The number of hydrogen-bond acceptors (Lipinski definition) is 5. The second-order valence-electron chi connectivity index (χ2n) is 5.54. The smallest absolute Gasteiger partial charge is 0.260 e. The maximum atomic E-state index is 12.4. The van der Waals surface area contributed by atoms with Crippen LogP contribution in [0.2, 0.25) is 0 Å². The monoisotopic (exact) mass is 308 g/mol. The minimum Gasteiger partial charge on any atom is -0.497 e. The van der Waals surface area contributed by atoms with Gasteiger partial charge in [0.15, 0.2) is 6.61 Å². The van der Waals surface area contributed by atoms with Gasteiger partial charge in [-0.15, -0.1) is 0 Å². The van der Waals surface area contributed by atoms with E-state index in [4.69, 9.17) is 14.2 Å². The van der Waals surface area contributed by atoms with Crippen molar-refractivity contribution in [2.24, 2.45) is 0 Å². The van der Waals surface area contributed by atoms with Crippen LogP contribution in [-0.2, 0) is 9.53 Å². The van der Waals surface area contributed by atoms with Crippen molar-refractivity contribution >= 4 is 5.91 Å². The van der Waals surface area contributed by atoms with Gasteiger partial charge in [0.05, 0.1) is 26.4 Å². The number of morpholine rings is 1. The van der Waals surface area contributed by atoms with Crippen molar-refractivity contribution in [1.29, 1.82) is 0 Å². The van der Waals surface area contributed by atoms with E-state index in [1.54, 1.807) is 19.2 Å². The van der Waals surface area contributed by atoms with Crippen molar-refractivity contribution in [1.82, 2.24) is 9.80 Å². The zero-order valence-corrected chi connectivity index (χ0v) is 13.4. The van der Waals surface area contributed by atoms with E-state index in [2.05, 4.69) is 4.90 Å². The average molecular weight is 308 g/mol. The quantitative estimate of drug-likeness (QED) is 0.780. The summed E-state index contributed by atoms with van der Waals surface area (Å²) in [6, 6.07) is 7.29. The molecule has 0 unspecified atom stereocenters. The maximum Gasteiger partial charge on any atom is 0.260 e. The average Bonchev–Trinajstić information content (AvgIpc) is 2.53. The van der Waals surface area contributed by atoms with E-state index in [0.717, 1.165) is 12.3 Å². The Kier molecular flexibility index (Phi) is 6.03. The van der Waals surface area contributed by atoms with Crippen molar-refractivity contribution in [3.63, 3.8) is 0 Å². The Morgan fingerprint density at radius 3 is 2.64 bits per heavy atom. The Morgan fingerprint density at radius 2 is 2.00 bits per heavy atom. The van der Waals surface area contributed by atoms with Crippen LogP contribution < -0.4 is 9.47 Å². The number of hydrogen-bond donors (Lipinski definition) is 0. The summed E-state index contributed by atoms with van der Waals surface area (Å²) in [4.78, 5) is 16.3. The number of ether oxygens (including phenoxy) is 3. The molecule has 1 amide bonds. The van der Waals surface area contributed by atoms with Crippen LogP contribution in [-0.4, -0.2) is 75.9 Å². The molecule has 22 heavy (non-hydrogen) atoms. The Morgan fingerprint density at radius 1 is 1.32 bits per heavy atom. The summed E-state index contributed by atoms with van der Waals surface area (Å²) in [5.74, 6) is 1.41. The molecule has 0 radical (unpaired) electrons. The third-order valence-electron chi connectivity index (χ3n) is 3.55. The van der Waals surface area contributed by atoms with E-state index in [0.29, 0.717) is 25.5 Å². The molecule has 0 saturated carbocycles. The highest BCUT2D eigenvalue weighted by Crippen LogP contribution is 2.17. The molecule has 0 N–H and O–H groups in total. The number of nitrogens with zero attached hydrogens (tertiary/aromatic N) is 2. The van der Waals surface area contributed by atoms with E-state index < -0.39 is 0 Å². The lowest BCUT2D eigenvalue weighted by Crippen LogP contribution is -2.53. The van der Waals surface area contributed by atoms with Crippen molar-refractivity contribution in [3.05, 3.63) is 24.3 Å². The molecule has 1 atom stereocenters. The van der Waals surface area contributed by atoms with E-state index in [-0.39, 0.29) is 18.6 Å². The van der Waals surface area contributed by atoms with Gasteiger partial charge in [-0.2, -0.15) is 0 Å². The normalized spacial score (nSPS) is 18.4. The summed E-state index contributed by atoms with van der Waals surface area (Å²) in [5, 5.41) is 0. The van der Waals surface area contributed by atoms with Crippen molar-refractivity contribution in [2.45, 2.75) is 6.04 Å². The molecule has 122 valence electrons. The van der Waals surface area contributed by atoms with Crippen molar-refractivity contribution in [2.75, 3.05) is 54.1 Å². The molecular formula is C16H24N2O4. The molecular weight excluding hydrogens is 284 g/mol. The molecule has 6 heteroatoms. The number of methoxy groups -OCH3 is 1. The minimum absolute atomic E-state index is 0.00836. The van der Waals surface area contributed by atoms with E-state index >= 15 is 0 Å². The number of carbonyl (C=O) groups excluding carboxylic acids is 1. The Bertz CT molecular complexity index is 476. The zero-order valence-electron chi connectivity index (χ0n) is 13.4. The van der Waals surface area contributed by atoms with Crippen LogP contribution in [0.5, 0.6) is 11.5 Å². The SMILES string of the molecule is COc1ccc(OCC(=O)N2CCOC[C@@H]2CN(C)C)cc1. The highest BCUT2D eigenvalue weighted by molar-refractivity contribution is 5.78. The lowest BCUT2D eigenvalue weighted by molar-refractivity contribution is -0.142. The molecule has 1 aliphatic heterocycles. The number of carbonyl (C=O) groups is 1. The van der Waals surface area contributed by atoms with E-state index in [1.807, 2.05) is 31.1 Å². The molecule has 1 heterocycles. The van der Waals surface area contributed by atoms with Gasteiger partial charge in [-0.1, -0.05) is 0 Å². The molecule has 1 fully saturated rings. The van der Waals surface area contributed by atoms with Gasteiger partial charge in [-0.25, -0.2) is 0 Å². The molecule has 1 aromatic carbocycles. The molecule has 2 rings (SSSR count). The van der Waals surface area contributed by atoms with Gasteiger partial charge in [-0.3, -0.25) is 4.79 Å². The molecule has 0 aromatic heterocycles. The fourth-order valence-corrected chi connectivity index (χ4v) is 2.46. The van der Waals surface area contributed by atoms with E-state index in [1.165, 1.54) is 0 Å². The van der Waals surface area contributed by atoms with Gasteiger partial charge in [0.25, 0.3) is 5.91 Å². The molecule has 0 bridgehead atoms. The second-order valence-corrected chi connectivity index (χ2v) is 5.54. The number of rotatable bonds is 6. The molecule has 1 aliphatic rings. The summed E-state index contributed by atoms with van der Waals surface area (Å²) < 4.78 is 16.1. The van der Waals surface area contributed by atoms with Gasteiger partial charge in [0, 0.05) is 13.1 Å². The molecule has 1 saturated heterocycles. The van der Waals surface area contributed by atoms with Gasteiger partial charge in [0.2, 0.25) is 0 Å². The molecule has 6 nitrogen and oxygen atoms in total. The van der Waals surface area contributed by atoms with Crippen LogP contribution in [0.15, 0.2) is 24.3 Å². The van der Waals surface area contributed by atoms with Crippen LogP contribution in [0.3, 0.4) is 0 Å². The summed E-state index contributed by atoms with van der Waals surface area (Å²) in [6.45, 7) is 2.60. The fraction of sp³-hybridized carbons (Fsp3) is 0.562. The number of likely N-dealkylation sites (N-methyl/N-ethyl adjacent to an activating group) is 1. The number of benzene rings is 1. The number of amides is 1. The third-order valence-corrected chi connectivity index (χ3v) is 3.55. The topological polar surface area (TPSA) is 51.2 Å². The lowest BCUT2D eigenvalue weighted by Gasteiger charge is -2.36. The van der Waals surface area contributed by atoms with Gasteiger partial charge >= 0.3 is 0 Å². The summed E-state index contributed by atoms with van der Waals surface area (Å²) in [6.07, 6.45) is 0. The summed E-state index contributed by atoms with van der Waals surface area (Å²) in [7, 11) is 5.60. The predicted molar refractivity (Wildman–Crippen MR) is 83.4 cm³/mol. The van der Waals surface area contributed by atoms with Crippen LogP contribution in [0.25, 0.3) is 0 Å². The van der Waals surface area contributed by atoms with E-state index in [9.17, 15) is 4.79 Å². The summed E-state index contributed by atoms with van der Waals surface area (Å²) in [5.41, 5.74) is 0. The van der Waals surface area contributed by atoms with Gasteiger partial charge in [-0.05, 0) is 38.4 Å². The first-order chi connectivity index (χ1) is 10.6. The first-order valence-electron chi connectivity index (χ1n) is 7.39. The Balaban J connectivity index is 1.88. The highest BCUT2D eigenvalue weighted by Gasteiger charge is 2.27. The van der Waals surface area contributed by atoms with Gasteiger partial charge in [0.1, 0.15) is 11.5 Å². The predicted octanol–water partition coefficient (Wildman–Crippen LogP) is 0.863. The maximum absolute atomic E-state index is 12.4. The van der Waals surface area contributed by atoms with Crippen molar-refractivity contribution in [3.8, 4) is 11.5 Å². The minimum atomic E-state index is -0.00836. The highest BCUT2D eigenvalue weighted by atomic mass is 16.5. The zero-order chi connectivity index (χ0) is 15.9. The first kappa shape index (κ1) is 16.6. The van der Waals surface area contributed by atoms with Crippen molar-refractivity contribution < 1.29 is 19.0 Å². The molecule has 0 aliphatic carbocycles. The molecule has 1 aromatic rings. The Labute approximate surface area is 131 Å². The van der Waals surface area contributed by atoms with Crippen LogP contribution >= 0.6 is 0 Å².